The molecule has 1 aliphatic heterocycles. The van der Waals surface area contributed by atoms with Crippen molar-refractivity contribution < 1.29 is 4.79 Å². The van der Waals surface area contributed by atoms with Gasteiger partial charge in [0, 0.05) is 36.3 Å². The summed E-state index contributed by atoms with van der Waals surface area (Å²) in [5.41, 5.74) is 2.86. The van der Waals surface area contributed by atoms with Crippen LogP contribution in [0.4, 0.5) is 0 Å². The quantitative estimate of drug-likeness (QED) is 0.652. The fourth-order valence-electron chi connectivity index (χ4n) is 4.40. The SMILES string of the molecule is CC(C)(C)C(=O)N[C@H](c1ccccn1)[C@@H]1CCCN(Cc2cccc3ncccc23)C1. The van der Waals surface area contributed by atoms with E-state index in [9.17, 15) is 4.79 Å². The van der Waals surface area contributed by atoms with Crippen LogP contribution in [0, 0.1) is 11.3 Å². The molecule has 3 aromatic rings. The van der Waals surface area contributed by atoms with Gasteiger partial charge in [-0.2, -0.15) is 0 Å². The average Bonchev–Trinajstić information content (AvgIpc) is 2.78. The Morgan fingerprint density at radius 2 is 1.94 bits per heavy atom. The smallest absolute Gasteiger partial charge is 0.225 e. The molecule has 2 aromatic heterocycles. The van der Waals surface area contributed by atoms with Crippen LogP contribution in [0.3, 0.4) is 0 Å². The van der Waals surface area contributed by atoms with Gasteiger partial charge >= 0.3 is 0 Å². The van der Waals surface area contributed by atoms with Crippen molar-refractivity contribution in [3.63, 3.8) is 0 Å². The first-order chi connectivity index (χ1) is 14.9. The summed E-state index contributed by atoms with van der Waals surface area (Å²) in [5.74, 6) is 0.392. The van der Waals surface area contributed by atoms with Crippen LogP contribution in [0.2, 0.25) is 0 Å². The van der Waals surface area contributed by atoms with Gasteiger partial charge in [-0.15, -0.1) is 0 Å². The number of nitrogens with one attached hydrogen (secondary N) is 1. The van der Waals surface area contributed by atoms with Crippen LogP contribution in [-0.4, -0.2) is 33.9 Å². The van der Waals surface area contributed by atoms with Gasteiger partial charge in [-0.25, -0.2) is 0 Å². The Morgan fingerprint density at radius 1 is 1.10 bits per heavy atom. The van der Waals surface area contributed by atoms with Gasteiger partial charge < -0.3 is 5.32 Å². The van der Waals surface area contributed by atoms with Crippen molar-refractivity contribution in [3.05, 3.63) is 72.2 Å². The number of carbonyl (C=O) groups is 1. The van der Waals surface area contributed by atoms with E-state index in [2.05, 4.69) is 44.5 Å². The lowest BCUT2D eigenvalue weighted by Crippen LogP contribution is -2.45. The number of nitrogens with zero attached hydrogens (tertiary/aromatic N) is 3. The summed E-state index contributed by atoms with van der Waals surface area (Å²) in [5, 5.41) is 4.54. The predicted octanol–water partition coefficient (Wildman–Crippen LogP) is 4.75. The van der Waals surface area contributed by atoms with E-state index in [-0.39, 0.29) is 11.9 Å². The molecule has 0 spiro atoms. The summed E-state index contributed by atoms with van der Waals surface area (Å²) in [6.07, 6.45) is 5.86. The highest BCUT2D eigenvalue weighted by Crippen LogP contribution is 2.31. The van der Waals surface area contributed by atoms with Crippen molar-refractivity contribution in [1.29, 1.82) is 0 Å². The highest BCUT2D eigenvalue weighted by Gasteiger charge is 2.33. The number of benzene rings is 1. The van der Waals surface area contributed by atoms with Crippen molar-refractivity contribution in [2.45, 2.75) is 46.2 Å². The predicted molar refractivity (Wildman–Crippen MR) is 124 cm³/mol. The maximum atomic E-state index is 12.9. The Balaban J connectivity index is 1.55. The standard InChI is InChI=1S/C26H32N4O/c1-26(2,3)25(31)29-24(23-12-4-5-14-28-23)20-10-8-16-30(18-20)17-19-9-6-13-22-21(19)11-7-15-27-22/h4-7,9,11-15,20,24H,8,10,16-18H2,1-3H3,(H,29,31)/t20-,24+/m1/s1. The number of amides is 1. The zero-order valence-electron chi connectivity index (χ0n) is 18.7. The molecule has 0 aliphatic carbocycles. The first kappa shape index (κ1) is 21.4. The minimum Gasteiger partial charge on any atom is -0.347 e. The number of pyridine rings is 2. The number of piperidine rings is 1. The number of fused-ring (bicyclic) bond motifs is 1. The summed E-state index contributed by atoms with van der Waals surface area (Å²) in [4.78, 5) is 24.5. The molecule has 0 unspecified atom stereocenters. The van der Waals surface area contributed by atoms with Crippen molar-refractivity contribution in [3.8, 4) is 0 Å². The largest absolute Gasteiger partial charge is 0.347 e. The van der Waals surface area contributed by atoms with Gasteiger partial charge in [0.05, 0.1) is 17.3 Å². The molecule has 31 heavy (non-hydrogen) atoms. The molecule has 1 fully saturated rings. The van der Waals surface area contributed by atoms with E-state index >= 15 is 0 Å². The molecule has 5 heteroatoms. The summed E-state index contributed by atoms with van der Waals surface area (Å²) in [6, 6.07) is 16.4. The van der Waals surface area contributed by atoms with Gasteiger partial charge in [0.25, 0.3) is 0 Å². The van der Waals surface area contributed by atoms with Crippen LogP contribution in [0.5, 0.6) is 0 Å². The minimum absolute atomic E-state index is 0.0698. The van der Waals surface area contributed by atoms with Gasteiger partial charge in [-0.3, -0.25) is 19.7 Å². The second-order valence-corrected chi connectivity index (χ2v) is 9.58. The lowest BCUT2D eigenvalue weighted by molar-refractivity contribution is -0.130. The van der Waals surface area contributed by atoms with Crippen molar-refractivity contribution >= 4 is 16.8 Å². The molecule has 162 valence electrons. The number of rotatable bonds is 5. The van der Waals surface area contributed by atoms with E-state index in [1.807, 2.05) is 57.4 Å². The van der Waals surface area contributed by atoms with Crippen LogP contribution < -0.4 is 5.32 Å². The molecule has 0 radical (unpaired) electrons. The third kappa shape index (κ3) is 5.10. The summed E-state index contributed by atoms with van der Waals surface area (Å²) < 4.78 is 0. The molecule has 1 aromatic carbocycles. The second kappa shape index (κ2) is 9.15. The second-order valence-electron chi connectivity index (χ2n) is 9.58. The van der Waals surface area contributed by atoms with Crippen molar-refractivity contribution in [2.24, 2.45) is 11.3 Å². The first-order valence-corrected chi connectivity index (χ1v) is 11.2. The Labute approximate surface area is 184 Å². The Kier molecular flexibility index (Phi) is 6.33. The minimum atomic E-state index is -0.433. The Bertz CT molecular complexity index is 1020. The molecule has 4 rings (SSSR count). The molecular formula is C26H32N4O. The molecule has 1 saturated heterocycles. The third-order valence-electron chi connectivity index (χ3n) is 6.12. The molecule has 3 heterocycles. The molecular weight excluding hydrogens is 384 g/mol. The maximum Gasteiger partial charge on any atom is 0.225 e. The molecule has 5 nitrogen and oxygen atoms in total. The number of hydrogen-bond acceptors (Lipinski definition) is 4. The lowest BCUT2D eigenvalue weighted by atomic mass is 9.86. The highest BCUT2D eigenvalue weighted by molar-refractivity contribution is 5.82. The third-order valence-corrected chi connectivity index (χ3v) is 6.12. The number of likely N-dealkylation sites (tertiary alicyclic amines) is 1. The monoisotopic (exact) mass is 416 g/mol. The topological polar surface area (TPSA) is 58.1 Å². The fraction of sp³-hybridized carbons (Fsp3) is 0.423. The first-order valence-electron chi connectivity index (χ1n) is 11.2. The zero-order valence-corrected chi connectivity index (χ0v) is 18.7. The normalized spacial score (nSPS) is 18.6. The lowest BCUT2D eigenvalue weighted by Gasteiger charge is -2.38. The zero-order chi connectivity index (χ0) is 21.8. The highest BCUT2D eigenvalue weighted by atomic mass is 16.2. The maximum absolute atomic E-state index is 12.9. The van der Waals surface area contributed by atoms with Crippen molar-refractivity contribution in [2.75, 3.05) is 13.1 Å². The number of aromatic nitrogens is 2. The fourth-order valence-corrected chi connectivity index (χ4v) is 4.40. The Hall–Kier alpha value is -2.79. The van der Waals surface area contributed by atoms with Crippen LogP contribution in [-0.2, 0) is 11.3 Å². The number of carbonyl (C=O) groups excluding carboxylic acids is 1. The van der Waals surface area contributed by atoms with E-state index in [0.717, 1.165) is 43.7 Å². The molecule has 1 aliphatic rings. The summed E-state index contributed by atoms with van der Waals surface area (Å²) in [7, 11) is 0. The average molecular weight is 417 g/mol. The van der Waals surface area contributed by atoms with Gasteiger partial charge in [-0.05, 0) is 55.1 Å². The van der Waals surface area contributed by atoms with Gasteiger partial charge in [0.1, 0.15) is 0 Å². The molecule has 2 atom stereocenters. The molecule has 1 amide bonds. The molecule has 0 saturated carbocycles. The van der Waals surface area contributed by atoms with E-state index in [1.165, 1.54) is 10.9 Å². The summed E-state index contributed by atoms with van der Waals surface area (Å²) >= 11 is 0. The van der Waals surface area contributed by atoms with Gasteiger partial charge in [0.2, 0.25) is 5.91 Å². The van der Waals surface area contributed by atoms with Gasteiger partial charge in [-0.1, -0.05) is 45.0 Å². The molecule has 0 bridgehead atoms. The molecule has 1 N–H and O–H groups in total. The van der Waals surface area contributed by atoms with Crippen LogP contribution in [0.15, 0.2) is 60.9 Å². The van der Waals surface area contributed by atoms with E-state index in [1.54, 1.807) is 0 Å². The van der Waals surface area contributed by atoms with E-state index in [4.69, 9.17) is 0 Å². The van der Waals surface area contributed by atoms with Crippen LogP contribution >= 0.6 is 0 Å². The van der Waals surface area contributed by atoms with Crippen LogP contribution in [0.25, 0.3) is 10.9 Å². The number of hydrogen-bond donors (Lipinski definition) is 1. The van der Waals surface area contributed by atoms with Crippen molar-refractivity contribution in [1.82, 2.24) is 20.2 Å². The van der Waals surface area contributed by atoms with Gasteiger partial charge in [0.15, 0.2) is 0 Å². The van der Waals surface area contributed by atoms with E-state index in [0.29, 0.717) is 5.92 Å². The van der Waals surface area contributed by atoms with E-state index < -0.39 is 5.41 Å². The van der Waals surface area contributed by atoms with Crippen LogP contribution in [0.1, 0.15) is 50.9 Å². The Morgan fingerprint density at radius 3 is 2.71 bits per heavy atom. The summed E-state index contributed by atoms with van der Waals surface area (Å²) in [6.45, 7) is 8.76.